The number of nitrogens with one attached hydrogen (secondary N) is 1. The molecule has 1 aromatic rings. The van der Waals surface area contributed by atoms with Gasteiger partial charge in [0.05, 0.1) is 9.82 Å². The Kier molecular flexibility index (Phi) is 4.69. The van der Waals surface area contributed by atoms with Crippen LogP contribution in [0.15, 0.2) is 17.0 Å². The molecule has 1 saturated carbocycles. The largest absolute Gasteiger partial charge is 0.273 e. The molecule has 0 radical (unpaired) electrons. The van der Waals surface area contributed by atoms with Crippen LogP contribution in [0.4, 0.5) is 5.69 Å². The minimum atomic E-state index is -3.76. The van der Waals surface area contributed by atoms with Crippen molar-refractivity contribution in [1.29, 1.82) is 0 Å². The van der Waals surface area contributed by atoms with Crippen LogP contribution < -0.4 is 4.72 Å². The van der Waals surface area contributed by atoms with E-state index in [4.69, 9.17) is 0 Å². The lowest BCUT2D eigenvalue weighted by molar-refractivity contribution is -0.385. The van der Waals surface area contributed by atoms with E-state index in [1.807, 2.05) is 0 Å². The number of nitrogens with zero attached hydrogens (tertiary/aromatic N) is 1. The van der Waals surface area contributed by atoms with Gasteiger partial charge in [0, 0.05) is 22.5 Å². The summed E-state index contributed by atoms with van der Waals surface area (Å²) in [5.74, 6) is 0. The van der Waals surface area contributed by atoms with Gasteiger partial charge in [-0.1, -0.05) is 22.4 Å². The molecule has 1 fully saturated rings. The second-order valence-corrected chi connectivity index (χ2v) is 8.21. The first kappa shape index (κ1) is 16.4. The number of nitro groups is 1. The number of nitro benzene ring substituents is 1. The lowest BCUT2D eigenvalue weighted by Crippen LogP contribution is -2.37. The van der Waals surface area contributed by atoms with Crippen LogP contribution in [0.2, 0.25) is 0 Å². The van der Waals surface area contributed by atoms with E-state index in [0.717, 1.165) is 25.3 Å². The lowest BCUT2D eigenvalue weighted by atomic mass is 10.1. The molecule has 0 bridgehead atoms. The fourth-order valence-electron chi connectivity index (χ4n) is 2.47. The van der Waals surface area contributed by atoms with E-state index in [2.05, 4.69) is 20.7 Å². The number of hydrogen-bond acceptors (Lipinski definition) is 4. The third-order valence-corrected chi connectivity index (χ3v) is 6.42. The van der Waals surface area contributed by atoms with E-state index < -0.39 is 14.9 Å². The van der Waals surface area contributed by atoms with Crippen molar-refractivity contribution in [2.24, 2.45) is 0 Å². The van der Waals surface area contributed by atoms with Crippen LogP contribution in [0.5, 0.6) is 0 Å². The van der Waals surface area contributed by atoms with Gasteiger partial charge in [0.15, 0.2) is 0 Å². The topological polar surface area (TPSA) is 89.3 Å². The summed E-state index contributed by atoms with van der Waals surface area (Å²) in [5, 5.41) is 11.0. The Bertz CT molecular complexity index is 675. The average molecular weight is 377 g/mol. The lowest BCUT2D eigenvalue weighted by Gasteiger charge is -2.16. The molecule has 2 unspecified atom stereocenters. The maximum atomic E-state index is 12.4. The normalized spacial score (nSPS) is 22.4. The average Bonchev–Trinajstić information content (AvgIpc) is 2.77. The Labute approximate surface area is 132 Å². The summed E-state index contributed by atoms with van der Waals surface area (Å²) < 4.78 is 27.5. The van der Waals surface area contributed by atoms with Gasteiger partial charge in [0.1, 0.15) is 0 Å². The first-order valence-corrected chi connectivity index (χ1v) is 9.04. The van der Waals surface area contributed by atoms with Gasteiger partial charge in [-0.25, -0.2) is 13.1 Å². The fourth-order valence-corrected chi connectivity index (χ4v) is 4.78. The molecule has 0 spiro atoms. The van der Waals surface area contributed by atoms with Crippen LogP contribution in [-0.2, 0) is 10.0 Å². The highest BCUT2D eigenvalue weighted by Crippen LogP contribution is 2.29. The molecule has 6 nitrogen and oxygen atoms in total. The summed E-state index contributed by atoms with van der Waals surface area (Å²) in [4.78, 5) is 10.5. The van der Waals surface area contributed by atoms with Crippen molar-refractivity contribution < 1.29 is 13.3 Å². The number of aryl methyl sites for hydroxylation is 1. The minimum absolute atomic E-state index is 0.0519. The molecule has 1 aliphatic rings. The third-order valence-electron chi connectivity index (χ3n) is 3.86. The van der Waals surface area contributed by atoms with Crippen molar-refractivity contribution in [2.75, 3.05) is 0 Å². The molecule has 0 saturated heterocycles. The molecule has 1 aliphatic carbocycles. The van der Waals surface area contributed by atoms with Gasteiger partial charge in [0.2, 0.25) is 10.0 Å². The fraction of sp³-hybridized carbons (Fsp3) is 0.538. The highest BCUT2D eigenvalue weighted by molar-refractivity contribution is 9.09. The summed E-state index contributed by atoms with van der Waals surface area (Å²) in [5.41, 5.74) is 0.904. The molecular weight excluding hydrogens is 360 g/mol. The van der Waals surface area contributed by atoms with E-state index in [-0.39, 0.29) is 21.5 Å². The summed E-state index contributed by atoms with van der Waals surface area (Å²) in [6, 6.07) is 2.43. The molecule has 116 valence electrons. The van der Waals surface area contributed by atoms with Crippen LogP contribution in [0.1, 0.15) is 30.4 Å². The molecule has 2 rings (SSSR count). The Hall–Kier alpha value is -0.990. The number of sulfonamides is 1. The van der Waals surface area contributed by atoms with Crippen molar-refractivity contribution in [1.82, 2.24) is 4.72 Å². The molecule has 2 atom stereocenters. The number of benzene rings is 1. The molecule has 0 aliphatic heterocycles. The predicted molar refractivity (Wildman–Crippen MR) is 83.2 cm³/mol. The van der Waals surface area contributed by atoms with Crippen LogP contribution in [-0.4, -0.2) is 24.2 Å². The molecule has 0 amide bonds. The maximum absolute atomic E-state index is 12.4. The SMILES string of the molecule is Cc1cc(S(=O)(=O)NC2CCCC2Br)cc([N+](=O)[O-])c1C. The Morgan fingerprint density at radius 1 is 1.33 bits per heavy atom. The van der Waals surface area contributed by atoms with E-state index >= 15 is 0 Å². The smallest absolute Gasteiger partial charge is 0.258 e. The van der Waals surface area contributed by atoms with Gasteiger partial charge >= 0.3 is 0 Å². The van der Waals surface area contributed by atoms with Crippen molar-refractivity contribution >= 4 is 31.6 Å². The number of rotatable bonds is 4. The third kappa shape index (κ3) is 3.44. The van der Waals surface area contributed by atoms with Gasteiger partial charge in [-0.2, -0.15) is 0 Å². The van der Waals surface area contributed by atoms with E-state index in [1.165, 1.54) is 6.07 Å². The van der Waals surface area contributed by atoms with Crippen LogP contribution in [0.25, 0.3) is 0 Å². The number of hydrogen-bond donors (Lipinski definition) is 1. The van der Waals surface area contributed by atoms with E-state index in [0.29, 0.717) is 11.1 Å². The predicted octanol–water partition coefficient (Wildman–Crippen LogP) is 2.81. The van der Waals surface area contributed by atoms with Crippen molar-refractivity contribution in [2.45, 2.75) is 48.9 Å². The molecule has 0 aromatic heterocycles. The highest BCUT2D eigenvalue weighted by atomic mass is 79.9. The molecule has 1 aromatic carbocycles. The van der Waals surface area contributed by atoms with Crippen LogP contribution >= 0.6 is 15.9 Å². The number of alkyl halides is 1. The molecular formula is C13H17BrN2O4S. The molecule has 1 N–H and O–H groups in total. The highest BCUT2D eigenvalue weighted by Gasteiger charge is 2.30. The minimum Gasteiger partial charge on any atom is -0.258 e. The molecule has 0 heterocycles. The van der Waals surface area contributed by atoms with Gasteiger partial charge < -0.3 is 0 Å². The Morgan fingerprint density at radius 2 is 2.00 bits per heavy atom. The van der Waals surface area contributed by atoms with E-state index in [9.17, 15) is 18.5 Å². The second kappa shape index (κ2) is 6.02. The second-order valence-electron chi connectivity index (χ2n) is 5.32. The summed E-state index contributed by atoms with van der Waals surface area (Å²) in [6.45, 7) is 3.28. The van der Waals surface area contributed by atoms with Crippen molar-refractivity contribution in [3.63, 3.8) is 0 Å². The zero-order valence-electron chi connectivity index (χ0n) is 11.8. The summed E-state index contributed by atoms with van der Waals surface area (Å²) >= 11 is 3.46. The monoisotopic (exact) mass is 376 g/mol. The van der Waals surface area contributed by atoms with Crippen molar-refractivity contribution in [3.05, 3.63) is 33.4 Å². The van der Waals surface area contributed by atoms with Gasteiger partial charge in [-0.3, -0.25) is 10.1 Å². The molecule has 21 heavy (non-hydrogen) atoms. The number of halogens is 1. The zero-order valence-corrected chi connectivity index (χ0v) is 14.2. The Balaban J connectivity index is 2.38. The standard InChI is InChI=1S/C13H17BrN2O4S/c1-8-6-10(7-13(9(8)2)16(17)18)21(19,20)15-12-5-3-4-11(12)14/h6-7,11-12,15H,3-5H2,1-2H3. The van der Waals surface area contributed by atoms with Crippen LogP contribution in [0, 0.1) is 24.0 Å². The quantitative estimate of drug-likeness (QED) is 0.496. The molecule has 8 heteroatoms. The summed E-state index contributed by atoms with van der Waals surface area (Å²) in [6.07, 6.45) is 2.64. The zero-order chi connectivity index (χ0) is 15.8. The van der Waals surface area contributed by atoms with E-state index in [1.54, 1.807) is 13.8 Å². The maximum Gasteiger partial charge on any atom is 0.273 e. The van der Waals surface area contributed by atoms with Crippen molar-refractivity contribution in [3.8, 4) is 0 Å². The van der Waals surface area contributed by atoms with Gasteiger partial charge in [0.25, 0.3) is 5.69 Å². The van der Waals surface area contributed by atoms with Crippen LogP contribution in [0.3, 0.4) is 0 Å². The first-order valence-electron chi connectivity index (χ1n) is 6.64. The van der Waals surface area contributed by atoms with Gasteiger partial charge in [-0.15, -0.1) is 0 Å². The summed E-state index contributed by atoms with van der Waals surface area (Å²) in [7, 11) is -3.76. The first-order chi connectivity index (χ1) is 9.72. The van der Waals surface area contributed by atoms with Gasteiger partial charge in [-0.05, 0) is 38.3 Å². The Morgan fingerprint density at radius 3 is 2.52 bits per heavy atom.